The van der Waals surface area contributed by atoms with Crippen LogP contribution in [-0.4, -0.2) is 37.2 Å². The number of carbonyl (C=O) groups excluding carboxylic acids is 3. The molecule has 0 bridgehead atoms. The Hall–Kier alpha value is -3.67. The maximum absolute atomic E-state index is 12.6. The van der Waals surface area contributed by atoms with Crippen molar-refractivity contribution in [3.63, 3.8) is 0 Å². The van der Waals surface area contributed by atoms with Crippen molar-refractivity contribution in [1.82, 2.24) is 0 Å². The van der Waals surface area contributed by atoms with Crippen molar-refractivity contribution >= 4 is 17.9 Å². The van der Waals surface area contributed by atoms with Gasteiger partial charge < -0.3 is 14.2 Å². The van der Waals surface area contributed by atoms with E-state index in [9.17, 15) is 14.4 Å². The van der Waals surface area contributed by atoms with Crippen LogP contribution in [0.5, 0.6) is 0 Å². The zero-order valence-corrected chi connectivity index (χ0v) is 34.4. The number of hydrogen-bond acceptors (Lipinski definition) is 6. The maximum atomic E-state index is 12.6. The molecule has 0 aromatic rings. The number of esters is 3. The average molecular weight is 749 g/mol. The number of carbonyl (C=O) groups is 3. The summed E-state index contributed by atoms with van der Waals surface area (Å²) in [5.41, 5.74) is 0. The van der Waals surface area contributed by atoms with Gasteiger partial charge in [0.15, 0.2) is 6.10 Å². The summed E-state index contributed by atoms with van der Waals surface area (Å²) in [4.78, 5) is 37.5. The van der Waals surface area contributed by atoms with Crippen molar-refractivity contribution in [2.24, 2.45) is 0 Å². The molecule has 0 aromatic heterocycles. The SMILES string of the molecule is CC/C=C\C/C=C\C/C=C\CCCCCCCCC(=O)OCC(COC(=O)CCCC/C=C\C/C=C\CC)OC(=O)CCC/C=C\C/C=C\C/C=C\CC. The van der Waals surface area contributed by atoms with Gasteiger partial charge in [0.05, 0.1) is 0 Å². The summed E-state index contributed by atoms with van der Waals surface area (Å²) in [5, 5.41) is 0. The molecular weight excluding hydrogens is 673 g/mol. The highest BCUT2D eigenvalue weighted by Crippen LogP contribution is 2.11. The Labute approximate surface area is 330 Å². The summed E-state index contributed by atoms with van der Waals surface area (Å²) in [6.07, 6.45) is 54.1. The molecule has 0 heterocycles. The first-order valence-corrected chi connectivity index (χ1v) is 21.2. The predicted octanol–water partition coefficient (Wildman–Crippen LogP) is 13.5. The van der Waals surface area contributed by atoms with E-state index < -0.39 is 6.10 Å². The number of rotatable bonds is 36. The molecule has 0 radical (unpaired) electrons. The standard InChI is InChI=1S/C48H76O6/c1-4-7-10-13-16-19-21-22-23-24-25-27-29-32-35-38-41-47(50)53-44-45(43-52-46(49)40-37-34-31-28-18-15-12-9-6-3)54-48(51)42-39-36-33-30-26-20-17-14-11-8-5-2/h7-12,16-20,22-23,28,30,33,45H,4-6,13-15,21,24-27,29,31-32,34-44H2,1-3H3/b10-7-,11-8-,12-9-,19-16-,20-17-,23-22-,28-18-,33-30-. The Morgan fingerprint density at radius 3 is 1.13 bits per heavy atom. The normalized spacial score (nSPS) is 13.0. The maximum Gasteiger partial charge on any atom is 0.306 e. The van der Waals surface area contributed by atoms with E-state index in [1.807, 2.05) is 0 Å². The third-order valence-electron chi connectivity index (χ3n) is 8.31. The summed E-state index contributed by atoms with van der Waals surface area (Å²) in [6.45, 7) is 6.15. The van der Waals surface area contributed by atoms with Gasteiger partial charge in [0, 0.05) is 19.3 Å². The fourth-order valence-electron chi connectivity index (χ4n) is 5.22. The average Bonchev–Trinajstić information content (AvgIpc) is 3.17. The van der Waals surface area contributed by atoms with Gasteiger partial charge in [0.2, 0.25) is 0 Å². The molecule has 0 N–H and O–H groups in total. The minimum atomic E-state index is -0.819. The first-order valence-electron chi connectivity index (χ1n) is 21.2. The minimum Gasteiger partial charge on any atom is -0.462 e. The largest absolute Gasteiger partial charge is 0.462 e. The van der Waals surface area contributed by atoms with Gasteiger partial charge in [-0.3, -0.25) is 14.4 Å². The van der Waals surface area contributed by atoms with E-state index in [0.717, 1.165) is 109 Å². The van der Waals surface area contributed by atoms with Crippen molar-refractivity contribution in [2.45, 2.75) is 175 Å². The second-order valence-corrected chi connectivity index (χ2v) is 13.5. The van der Waals surface area contributed by atoms with Gasteiger partial charge >= 0.3 is 17.9 Å². The molecule has 0 aliphatic heterocycles. The Kier molecular flexibility index (Phi) is 39.2. The number of hydrogen-bond donors (Lipinski definition) is 0. The third kappa shape index (κ3) is 39.5. The molecular formula is C48H76O6. The van der Waals surface area contributed by atoms with Crippen LogP contribution in [0.3, 0.4) is 0 Å². The van der Waals surface area contributed by atoms with Gasteiger partial charge in [0.1, 0.15) is 13.2 Å². The highest BCUT2D eigenvalue weighted by molar-refractivity contribution is 5.71. The van der Waals surface area contributed by atoms with Crippen LogP contribution in [0.25, 0.3) is 0 Å². The molecule has 1 atom stereocenters. The van der Waals surface area contributed by atoms with E-state index in [0.29, 0.717) is 19.3 Å². The summed E-state index contributed by atoms with van der Waals surface area (Å²) in [7, 11) is 0. The second kappa shape index (κ2) is 42.1. The van der Waals surface area contributed by atoms with Crippen LogP contribution >= 0.6 is 0 Å². The molecule has 0 saturated carbocycles. The Bertz CT molecular complexity index is 1140. The second-order valence-electron chi connectivity index (χ2n) is 13.5. The first-order chi connectivity index (χ1) is 26.5. The lowest BCUT2D eigenvalue weighted by atomic mass is 10.1. The van der Waals surface area contributed by atoms with E-state index in [2.05, 4.69) is 118 Å². The lowest BCUT2D eigenvalue weighted by Crippen LogP contribution is -2.30. The van der Waals surface area contributed by atoms with E-state index in [-0.39, 0.29) is 37.5 Å². The van der Waals surface area contributed by atoms with E-state index >= 15 is 0 Å². The van der Waals surface area contributed by atoms with Gasteiger partial charge in [-0.05, 0) is 103 Å². The van der Waals surface area contributed by atoms with Crippen LogP contribution in [0, 0.1) is 0 Å². The zero-order valence-electron chi connectivity index (χ0n) is 34.4. The first kappa shape index (κ1) is 50.3. The molecule has 0 amide bonds. The third-order valence-corrected chi connectivity index (χ3v) is 8.31. The van der Waals surface area contributed by atoms with Crippen molar-refractivity contribution in [2.75, 3.05) is 13.2 Å². The molecule has 0 rings (SSSR count). The highest BCUT2D eigenvalue weighted by atomic mass is 16.6. The van der Waals surface area contributed by atoms with Crippen LogP contribution in [0.15, 0.2) is 97.2 Å². The van der Waals surface area contributed by atoms with E-state index in [4.69, 9.17) is 14.2 Å². The molecule has 0 fully saturated rings. The van der Waals surface area contributed by atoms with Crippen molar-refractivity contribution in [3.05, 3.63) is 97.2 Å². The van der Waals surface area contributed by atoms with Crippen LogP contribution in [0.1, 0.15) is 168 Å². The van der Waals surface area contributed by atoms with Crippen LogP contribution in [0.4, 0.5) is 0 Å². The van der Waals surface area contributed by atoms with Crippen LogP contribution in [0.2, 0.25) is 0 Å². The number of allylic oxidation sites excluding steroid dienone is 16. The molecule has 1 unspecified atom stereocenters. The molecule has 0 aliphatic carbocycles. The quantitative estimate of drug-likeness (QED) is 0.0275. The van der Waals surface area contributed by atoms with Crippen LogP contribution in [-0.2, 0) is 28.6 Å². The van der Waals surface area contributed by atoms with Gasteiger partial charge in [-0.2, -0.15) is 0 Å². The Morgan fingerprint density at radius 2 is 0.685 bits per heavy atom. The van der Waals surface area contributed by atoms with Crippen molar-refractivity contribution < 1.29 is 28.6 Å². The van der Waals surface area contributed by atoms with E-state index in [1.54, 1.807) is 0 Å². The van der Waals surface area contributed by atoms with E-state index in [1.165, 1.54) is 12.8 Å². The molecule has 6 nitrogen and oxygen atoms in total. The number of unbranched alkanes of at least 4 members (excludes halogenated alkanes) is 9. The Balaban J connectivity index is 4.47. The summed E-state index contributed by atoms with van der Waals surface area (Å²) >= 11 is 0. The summed E-state index contributed by atoms with van der Waals surface area (Å²) < 4.78 is 16.5. The van der Waals surface area contributed by atoms with Gasteiger partial charge in [0.25, 0.3) is 0 Å². The molecule has 0 aliphatic rings. The monoisotopic (exact) mass is 749 g/mol. The molecule has 0 saturated heterocycles. The van der Waals surface area contributed by atoms with Gasteiger partial charge in [-0.15, -0.1) is 0 Å². The van der Waals surface area contributed by atoms with Crippen LogP contribution < -0.4 is 0 Å². The van der Waals surface area contributed by atoms with Crippen molar-refractivity contribution in [3.8, 4) is 0 Å². The van der Waals surface area contributed by atoms with Gasteiger partial charge in [-0.25, -0.2) is 0 Å². The highest BCUT2D eigenvalue weighted by Gasteiger charge is 2.19. The summed E-state index contributed by atoms with van der Waals surface area (Å²) in [5.74, 6) is -1.04. The molecule has 6 heteroatoms. The lowest BCUT2D eigenvalue weighted by molar-refractivity contribution is -0.167. The number of ether oxygens (including phenoxy) is 3. The molecule has 304 valence electrons. The fraction of sp³-hybridized carbons (Fsp3) is 0.604. The van der Waals surface area contributed by atoms with Gasteiger partial charge in [-0.1, -0.05) is 144 Å². The minimum absolute atomic E-state index is 0.117. The Morgan fingerprint density at radius 1 is 0.370 bits per heavy atom. The smallest absolute Gasteiger partial charge is 0.306 e. The molecule has 0 aromatic carbocycles. The van der Waals surface area contributed by atoms with Crippen molar-refractivity contribution in [1.29, 1.82) is 0 Å². The molecule has 54 heavy (non-hydrogen) atoms. The topological polar surface area (TPSA) is 78.9 Å². The fourth-order valence-corrected chi connectivity index (χ4v) is 5.22. The summed E-state index contributed by atoms with van der Waals surface area (Å²) in [6, 6.07) is 0. The predicted molar refractivity (Wildman–Crippen MR) is 228 cm³/mol. The zero-order chi connectivity index (χ0) is 39.4. The lowest BCUT2D eigenvalue weighted by Gasteiger charge is -2.18. The molecule has 0 spiro atoms.